The number of unbranched alkanes of at least 4 members (excludes halogenated alkanes) is 1. The van der Waals surface area contributed by atoms with Crippen molar-refractivity contribution in [1.82, 2.24) is 4.31 Å². The minimum Gasteiger partial charge on any atom is -0.326 e. The van der Waals surface area contributed by atoms with Crippen molar-refractivity contribution in [1.29, 1.82) is 0 Å². The third kappa shape index (κ3) is 7.14. The number of carbonyl (C=O) groups is 1. The van der Waals surface area contributed by atoms with Gasteiger partial charge in [0.25, 0.3) is 0 Å². The Morgan fingerprint density at radius 2 is 1.78 bits per heavy atom. The summed E-state index contributed by atoms with van der Waals surface area (Å²) < 4.78 is 24.8. The first kappa shape index (κ1) is 19.6. The minimum atomic E-state index is -3.27. The quantitative estimate of drug-likeness (QED) is 0.750. The zero-order valence-electron chi connectivity index (χ0n) is 14.5. The predicted molar refractivity (Wildman–Crippen MR) is 95.1 cm³/mol. The molecule has 0 radical (unpaired) electrons. The van der Waals surface area contributed by atoms with Crippen LogP contribution in [0.15, 0.2) is 24.3 Å². The molecule has 0 atom stereocenters. The van der Waals surface area contributed by atoms with Crippen molar-refractivity contribution < 1.29 is 13.2 Å². The summed E-state index contributed by atoms with van der Waals surface area (Å²) in [5.41, 5.74) is 1.95. The second kappa shape index (κ2) is 9.03. The van der Waals surface area contributed by atoms with Crippen molar-refractivity contribution in [2.45, 2.75) is 46.0 Å². The lowest BCUT2D eigenvalue weighted by molar-refractivity contribution is -0.116. The molecule has 0 fully saturated rings. The van der Waals surface area contributed by atoms with Gasteiger partial charge in [0, 0.05) is 25.2 Å². The number of anilines is 1. The van der Waals surface area contributed by atoms with E-state index in [0.717, 1.165) is 18.5 Å². The minimum absolute atomic E-state index is 0.155. The number of rotatable bonds is 9. The van der Waals surface area contributed by atoms with Gasteiger partial charge in [0.2, 0.25) is 15.9 Å². The van der Waals surface area contributed by atoms with Crippen LogP contribution in [0.25, 0.3) is 0 Å². The summed E-state index contributed by atoms with van der Waals surface area (Å²) in [4.78, 5) is 12.0. The first-order valence-corrected chi connectivity index (χ1v) is 9.93. The molecule has 23 heavy (non-hydrogen) atoms. The van der Waals surface area contributed by atoms with E-state index in [-0.39, 0.29) is 18.9 Å². The SMILES string of the molecule is CCCCN(CCC(=O)Nc1ccc(C(C)C)cc1)S(C)(=O)=O. The Morgan fingerprint density at radius 3 is 2.26 bits per heavy atom. The molecule has 0 saturated heterocycles. The van der Waals surface area contributed by atoms with Crippen LogP contribution in [0.2, 0.25) is 0 Å². The highest BCUT2D eigenvalue weighted by Crippen LogP contribution is 2.17. The monoisotopic (exact) mass is 340 g/mol. The van der Waals surface area contributed by atoms with E-state index in [2.05, 4.69) is 19.2 Å². The number of nitrogens with zero attached hydrogens (tertiary/aromatic N) is 1. The van der Waals surface area contributed by atoms with Crippen LogP contribution in [0.1, 0.15) is 51.5 Å². The second-order valence-electron chi connectivity index (χ2n) is 6.09. The van der Waals surface area contributed by atoms with Gasteiger partial charge in [0.05, 0.1) is 6.26 Å². The van der Waals surface area contributed by atoms with E-state index in [4.69, 9.17) is 0 Å². The van der Waals surface area contributed by atoms with Gasteiger partial charge < -0.3 is 5.32 Å². The molecule has 0 aliphatic carbocycles. The van der Waals surface area contributed by atoms with Crippen LogP contribution < -0.4 is 5.32 Å². The van der Waals surface area contributed by atoms with E-state index in [0.29, 0.717) is 12.5 Å². The molecular weight excluding hydrogens is 312 g/mol. The van der Waals surface area contributed by atoms with Gasteiger partial charge in [-0.15, -0.1) is 0 Å². The lowest BCUT2D eigenvalue weighted by Gasteiger charge is -2.19. The number of benzene rings is 1. The third-order valence-corrected chi connectivity index (χ3v) is 4.98. The molecule has 0 heterocycles. The molecule has 6 heteroatoms. The van der Waals surface area contributed by atoms with Crippen LogP contribution in [0.4, 0.5) is 5.69 Å². The lowest BCUT2D eigenvalue weighted by Crippen LogP contribution is -2.33. The Labute approximate surface area is 140 Å². The highest BCUT2D eigenvalue weighted by Gasteiger charge is 2.17. The van der Waals surface area contributed by atoms with Crippen LogP contribution in [0.5, 0.6) is 0 Å². The first-order chi connectivity index (χ1) is 10.7. The zero-order valence-corrected chi connectivity index (χ0v) is 15.3. The van der Waals surface area contributed by atoms with Crippen molar-refractivity contribution in [3.8, 4) is 0 Å². The second-order valence-corrected chi connectivity index (χ2v) is 8.07. The number of amides is 1. The van der Waals surface area contributed by atoms with Gasteiger partial charge >= 0.3 is 0 Å². The number of carbonyl (C=O) groups excluding carboxylic acids is 1. The first-order valence-electron chi connectivity index (χ1n) is 8.09. The van der Waals surface area contributed by atoms with Crippen molar-refractivity contribution in [2.75, 3.05) is 24.7 Å². The standard InChI is InChI=1S/C17H28N2O3S/c1-5-6-12-19(23(4,21)22)13-11-17(20)18-16-9-7-15(8-10-16)14(2)3/h7-10,14H,5-6,11-13H2,1-4H3,(H,18,20). The number of nitrogens with one attached hydrogen (secondary N) is 1. The molecule has 1 aromatic rings. The van der Waals surface area contributed by atoms with Gasteiger partial charge in [-0.25, -0.2) is 12.7 Å². The molecule has 1 rings (SSSR count). The summed E-state index contributed by atoms with van der Waals surface area (Å²) in [6.45, 7) is 6.92. The van der Waals surface area contributed by atoms with E-state index < -0.39 is 10.0 Å². The summed E-state index contributed by atoms with van der Waals surface area (Å²) in [5.74, 6) is 0.272. The summed E-state index contributed by atoms with van der Waals surface area (Å²) >= 11 is 0. The van der Waals surface area contributed by atoms with Gasteiger partial charge in [0.15, 0.2) is 0 Å². The molecule has 1 aromatic carbocycles. The Bertz CT molecular complexity index is 595. The summed E-state index contributed by atoms with van der Waals surface area (Å²) in [6.07, 6.45) is 3.06. The third-order valence-electron chi connectivity index (χ3n) is 3.68. The fraction of sp³-hybridized carbons (Fsp3) is 0.588. The van der Waals surface area contributed by atoms with E-state index >= 15 is 0 Å². The maximum atomic E-state index is 12.0. The Hall–Kier alpha value is -1.40. The van der Waals surface area contributed by atoms with Crippen LogP contribution in [-0.2, 0) is 14.8 Å². The average Bonchev–Trinajstić information content (AvgIpc) is 2.46. The summed E-state index contributed by atoms with van der Waals surface area (Å²) in [7, 11) is -3.27. The lowest BCUT2D eigenvalue weighted by atomic mass is 10.0. The van der Waals surface area contributed by atoms with Crippen LogP contribution in [0, 0.1) is 0 Å². The summed E-state index contributed by atoms with van der Waals surface area (Å²) in [6, 6.07) is 7.73. The maximum Gasteiger partial charge on any atom is 0.225 e. The van der Waals surface area contributed by atoms with Gasteiger partial charge in [-0.3, -0.25) is 4.79 Å². The predicted octanol–water partition coefficient (Wildman–Crippen LogP) is 3.20. The normalized spacial score (nSPS) is 11.9. The summed E-state index contributed by atoms with van der Waals surface area (Å²) in [5, 5.41) is 2.81. The smallest absolute Gasteiger partial charge is 0.225 e. The number of sulfonamides is 1. The Kier molecular flexibility index (Phi) is 7.72. The maximum absolute atomic E-state index is 12.0. The molecular formula is C17H28N2O3S. The van der Waals surface area contributed by atoms with E-state index in [1.165, 1.54) is 16.1 Å². The molecule has 0 unspecified atom stereocenters. The number of hydrogen-bond donors (Lipinski definition) is 1. The fourth-order valence-electron chi connectivity index (χ4n) is 2.18. The molecule has 1 N–H and O–H groups in total. The van der Waals surface area contributed by atoms with Crippen LogP contribution in [0.3, 0.4) is 0 Å². The van der Waals surface area contributed by atoms with Crippen molar-refractivity contribution >= 4 is 21.6 Å². The molecule has 1 amide bonds. The zero-order chi connectivity index (χ0) is 17.5. The van der Waals surface area contributed by atoms with E-state index in [1.54, 1.807) is 0 Å². The van der Waals surface area contributed by atoms with Crippen molar-refractivity contribution in [3.05, 3.63) is 29.8 Å². The molecule has 0 aliphatic rings. The number of hydrogen-bond acceptors (Lipinski definition) is 3. The molecule has 0 spiro atoms. The fourth-order valence-corrected chi connectivity index (χ4v) is 3.06. The highest BCUT2D eigenvalue weighted by atomic mass is 32.2. The van der Waals surface area contributed by atoms with Crippen LogP contribution >= 0.6 is 0 Å². The molecule has 0 bridgehead atoms. The average molecular weight is 340 g/mol. The van der Waals surface area contributed by atoms with Gasteiger partial charge in [0.1, 0.15) is 0 Å². The molecule has 130 valence electrons. The largest absolute Gasteiger partial charge is 0.326 e. The van der Waals surface area contributed by atoms with Gasteiger partial charge in [-0.2, -0.15) is 0 Å². The van der Waals surface area contributed by atoms with E-state index in [9.17, 15) is 13.2 Å². The van der Waals surface area contributed by atoms with Crippen molar-refractivity contribution in [3.63, 3.8) is 0 Å². The molecule has 0 saturated carbocycles. The molecule has 0 aromatic heterocycles. The topological polar surface area (TPSA) is 66.5 Å². The molecule has 0 aliphatic heterocycles. The van der Waals surface area contributed by atoms with Crippen molar-refractivity contribution in [2.24, 2.45) is 0 Å². The molecule has 5 nitrogen and oxygen atoms in total. The van der Waals surface area contributed by atoms with Crippen LogP contribution in [-0.4, -0.2) is 38.0 Å². The van der Waals surface area contributed by atoms with Gasteiger partial charge in [-0.1, -0.05) is 39.3 Å². The highest BCUT2D eigenvalue weighted by molar-refractivity contribution is 7.88. The van der Waals surface area contributed by atoms with Gasteiger partial charge in [-0.05, 0) is 30.0 Å². The van der Waals surface area contributed by atoms with E-state index in [1.807, 2.05) is 31.2 Å². The Morgan fingerprint density at radius 1 is 1.17 bits per heavy atom. The Balaban J connectivity index is 2.54.